The molecule has 4 nitrogen and oxygen atoms in total. The van der Waals surface area contributed by atoms with E-state index in [1.807, 2.05) is 6.92 Å². The smallest absolute Gasteiger partial charge is 0.0609 e. The van der Waals surface area contributed by atoms with Gasteiger partial charge < -0.3 is 15.7 Å². The summed E-state index contributed by atoms with van der Waals surface area (Å²) < 4.78 is 0. The van der Waals surface area contributed by atoms with E-state index in [-0.39, 0.29) is 6.61 Å². The minimum absolute atomic E-state index is 0.0684. The Morgan fingerprint density at radius 3 is 2.39 bits per heavy atom. The largest absolute Gasteiger partial charge is 0.394 e. The Balaban J connectivity index is 1.71. The first kappa shape index (κ1) is 14.3. The monoisotopic (exact) mass is 255 g/mol. The lowest BCUT2D eigenvalue weighted by Gasteiger charge is -2.40. The molecule has 3 N–H and O–H groups in total. The fraction of sp³-hybridized carbons (Fsp3) is 1.00. The van der Waals surface area contributed by atoms with Crippen LogP contribution in [0.25, 0.3) is 0 Å². The average Bonchev–Trinajstić information content (AvgIpc) is 3.13. The summed E-state index contributed by atoms with van der Waals surface area (Å²) in [4.78, 5) is 5.12. The lowest BCUT2D eigenvalue weighted by atomic mass is 9.95. The van der Waals surface area contributed by atoms with Crippen LogP contribution in [0.15, 0.2) is 0 Å². The van der Waals surface area contributed by atoms with Crippen molar-refractivity contribution >= 4 is 0 Å². The Kier molecular flexibility index (Phi) is 4.64. The summed E-state index contributed by atoms with van der Waals surface area (Å²) in [6.07, 6.45) is 3.75. The summed E-state index contributed by atoms with van der Waals surface area (Å²) in [7, 11) is 0. The van der Waals surface area contributed by atoms with E-state index in [1.54, 1.807) is 0 Å². The van der Waals surface area contributed by atoms with E-state index in [4.69, 9.17) is 5.73 Å². The molecule has 1 heterocycles. The van der Waals surface area contributed by atoms with E-state index in [1.165, 1.54) is 32.5 Å². The summed E-state index contributed by atoms with van der Waals surface area (Å²) >= 11 is 0. The van der Waals surface area contributed by atoms with Gasteiger partial charge in [0.05, 0.1) is 6.61 Å². The fourth-order valence-electron chi connectivity index (χ4n) is 2.92. The third kappa shape index (κ3) is 4.19. The highest BCUT2D eigenvalue weighted by Gasteiger charge is 2.29. The number of nitrogens with zero attached hydrogens (tertiary/aromatic N) is 2. The number of aliphatic hydroxyl groups excluding tert-OH is 1. The number of piperazine rings is 1. The van der Waals surface area contributed by atoms with Crippen molar-refractivity contribution in [2.75, 3.05) is 39.3 Å². The van der Waals surface area contributed by atoms with Gasteiger partial charge in [-0.1, -0.05) is 0 Å². The molecule has 0 aromatic heterocycles. The highest BCUT2D eigenvalue weighted by atomic mass is 16.3. The van der Waals surface area contributed by atoms with E-state index in [0.717, 1.165) is 25.4 Å². The SMILES string of the molecule is CC(CC(C)(N)CO)N1CCN(CC2CC2)CC1. The highest BCUT2D eigenvalue weighted by molar-refractivity contribution is 4.86. The van der Waals surface area contributed by atoms with Crippen molar-refractivity contribution in [2.45, 2.75) is 44.7 Å². The topological polar surface area (TPSA) is 52.7 Å². The minimum Gasteiger partial charge on any atom is -0.394 e. The van der Waals surface area contributed by atoms with Gasteiger partial charge in [0.2, 0.25) is 0 Å². The first-order chi connectivity index (χ1) is 8.50. The van der Waals surface area contributed by atoms with Crippen molar-refractivity contribution in [3.8, 4) is 0 Å². The van der Waals surface area contributed by atoms with Crippen LogP contribution in [0.3, 0.4) is 0 Å². The maximum atomic E-state index is 9.24. The second-order valence-corrected chi connectivity index (χ2v) is 6.65. The van der Waals surface area contributed by atoms with Crippen LogP contribution in [0.2, 0.25) is 0 Å². The molecule has 2 unspecified atom stereocenters. The van der Waals surface area contributed by atoms with Gasteiger partial charge >= 0.3 is 0 Å². The Labute approximate surface area is 111 Å². The number of aliphatic hydroxyl groups is 1. The van der Waals surface area contributed by atoms with Crippen LogP contribution in [0, 0.1) is 5.92 Å². The Bertz CT molecular complexity index is 258. The summed E-state index contributed by atoms with van der Waals surface area (Å²) in [5.74, 6) is 0.996. The van der Waals surface area contributed by atoms with Crippen LogP contribution in [-0.2, 0) is 0 Å². The summed E-state index contributed by atoms with van der Waals surface area (Å²) in [6.45, 7) is 10.2. The number of hydrogen-bond acceptors (Lipinski definition) is 4. The zero-order valence-electron chi connectivity index (χ0n) is 11.9. The highest BCUT2D eigenvalue weighted by Crippen LogP contribution is 2.30. The third-order valence-corrected chi connectivity index (χ3v) is 4.37. The van der Waals surface area contributed by atoms with Crippen LogP contribution in [-0.4, -0.2) is 65.8 Å². The Morgan fingerprint density at radius 2 is 1.89 bits per heavy atom. The summed E-state index contributed by atoms with van der Waals surface area (Å²) in [5, 5.41) is 9.24. The zero-order valence-corrected chi connectivity index (χ0v) is 11.9. The lowest BCUT2D eigenvalue weighted by Crippen LogP contribution is -2.53. The van der Waals surface area contributed by atoms with E-state index in [9.17, 15) is 5.11 Å². The molecule has 2 rings (SSSR count). The predicted molar refractivity (Wildman–Crippen MR) is 74.5 cm³/mol. The lowest BCUT2D eigenvalue weighted by molar-refractivity contribution is 0.0783. The van der Waals surface area contributed by atoms with Crippen LogP contribution < -0.4 is 5.73 Å². The van der Waals surface area contributed by atoms with E-state index < -0.39 is 5.54 Å². The van der Waals surface area contributed by atoms with Gasteiger partial charge in [-0.15, -0.1) is 0 Å². The molecule has 2 fully saturated rings. The molecule has 1 aliphatic heterocycles. The van der Waals surface area contributed by atoms with Gasteiger partial charge in [0.1, 0.15) is 0 Å². The molecule has 0 radical (unpaired) electrons. The maximum absolute atomic E-state index is 9.24. The predicted octanol–water partition coefficient (Wildman–Crippen LogP) is 0.502. The van der Waals surface area contributed by atoms with Gasteiger partial charge in [0.25, 0.3) is 0 Å². The second kappa shape index (κ2) is 5.87. The molecule has 2 aliphatic rings. The molecule has 4 heteroatoms. The Hall–Kier alpha value is -0.160. The van der Waals surface area contributed by atoms with Crippen LogP contribution in [0.4, 0.5) is 0 Å². The van der Waals surface area contributed by atoms with Crippen molar-refractivity contribution < 1.29 is 5.11 Å². The van der Waals surface area contributed by atoms with E-state index in [0.29, 0.717) is 6.04 Å². The van der Waals surface area contributed by atoms with Gasteiger partial charge in [0.15, 0.2) is 0 Å². The van der Waals surface area contributed by atoms with Gasteiger partial charge in [-0.05, 0) is 39.0 Å². The van der Waals surface area contributed by atoms with E-state index in [2.05, 4.69) is 16.7 Å². The standard InChI is InChI=1S/C14H29N3O/c1-12(9-14(2,15)11-18)17-7-5-16(6-8-17)10-13-3-4-13/h12-13,18H,3-11,15H2,1-2H3. The van der Waals surface area contributed by atoms with Gasteiger partial charge in [-0.3, -0.25) is 4.90 Å². The molecule has 0 amide bonds. The third-order valence-electron chi connectivity index (χ3n) is 4.37. The van der Waals surface area contributed by atoms with Crippen molar-refractivity contribution in [3.05, 3.63) is 0 Å². The summed E-state index contributed by atoms with van der Waals surface area (Å²) in [5.41, 5.74) is 5.60. The molecular weight excluding hydrogens is 226 g/mol. The number of nitrogens with two attached hydrogens (primary N) is 1. The molecular formula is C14H29N3O. The van der Waals surface area contributed by atoms with Crippen LogP contribution in [0.5, 0.6) is 0 Å². The Morgan fingerprint density at radius 1 is 1.28 bits per heavy atom. The first-order valence-electron chi connectivity index (χ1n) is 7.36. The van der Waals surface area contributed by atoms with Crippen LogP contribution >= 0.6 is 0 Å². The van der Waals surface area contributed by atoms with Gasteiger partial charge in [-0.2, -0.15) is 0 Å². The molecule has 0 spiro atoms. The van der Waals surface area contributed by atoms with Crippen LogP contribution in [0.1, 0.15) is 33.1 Å². The molecule has 0 bridgehead atoms. The average molecular weight is 255 g/mol. The molecule has 0 aromatic carbocycles. The molecule has 2 atom stereocenters. The minimum atomic E-state index is -0.440. The zero-order chi connectivity index (χ0) is 13.2. The molecule has 1 aliphatic carbocycles. The van der Waals surface area contributed by atoms with Crippen molar-refractivity contribution in [2.24, 2.45) is 11.7 Å². The molecule has 1 saturated heterocycles. The maximum Gasteiger partial charge on any atom is 0.0609 e. The van der Waals surface area contributed by atoms with Crippen molar-refractivity contribution in [3.63, 3.8) is 0 Å². The van der Waals surface area contributed by atoms with Gasteiger partial charge in [0, 0.05) is 44.3 Å². The summed E-state index contributed by atoms with van der Waals surface area (Å²) in [6, 6.07) is 0.468. The number of rotatable bonds is 6. The molecule has 1 saturated carbocycles. The molecule has 106 valence electrons. The molecule has 0 aromatic rings. The van der Waals surface area contributed by atoms with Gasteiger partial charge in [-0.25, -0.2) is 0 Å². The quantitative estimate of drug-likeness (QED) is 0.726. The second-order valence-electron chi connectivity index (χ2n) is 6.65. The normalized spacial score (nSPS) is 28.0. The van der Waals surface area contributed by atoms with Crippen molar-refractivity contribution in [1.82, 2.24) is 9.80 Å². The first-order valence-corrected chi connectivity index (χ1v) is 7.36. The molecule has 18 heavy (non-hydrogen) atoms. The fourth-order valence-corrected chi connectivity index (χ4v) is 2.92. The van der Waals surface area contributed by atoms with Crippen molar-refractivity contribution in [1.29, 1.82) is 0 Å². The van der Waals surface area contributed by atoms with E-state index >= 15 is 0 Å². The number of hydrogen-bond donors (Lipinski definition) is 2.